The van der Waals surface area contributed by atoms with Gasteiger partial charge in [0.1, 0.15) is 48.8 Å². The fourth-order valence-electron chi connectivity index (χ4n) is 5.24. The summed E-state index contributed by atoms with van der Waals surface area (Å²) in [6.07, 6.45) is -8.57. The van der Waals surface area contributed by atoms with Gasteiger partial charge in [0.05, 0.1) is 12.7 Å². The number of unbranched alkanes of at least 4 members (excludes halogenated alkanes) is 1. The van der Waals surface area contributed by atoms with Gasteiger partial charge in [0.15, 0.2) is 12.6 Å². The smallest absolute Gasteiger partial charge is 0.220 e. The molecule has 1 aliphatic carbocycles. The highest BCUT2D eigenvalue weighted by Crippen LogP contribution is 2.32. The molecule has 3 aliphatic rings. The van der Waals surface area contributed by atoms with Crippen LogP contribution >= 0.6 is 0 Å². The molecule has 0 aromatic carbocycles. The van der Waals surface area contributed by atoms with Gasteiger partial charge in [-0.2, -0.15) is 0 Å². The van der Waals surface area contributed by atoms with Crippen molar-refractivity contribution in [3.05, 3.63) is 0 Å². The topological polar surface area (TPSA) is 265 Å². The summed E-state index contributed by atoms with van der Waals surface area (Å²) in [7, 11) is 0. The van der Waals surface area contributed by atoms with Crippen molar-refractivity contribution >= 4 is 5.91 Å². The minimum Gasteiger partial charge on any atom is -0.394 e. The van der Waals surface area contributed by atoms with Crippen LogP contribution in [0.25, 0.3) is 0 Å². The Labute approximate surface area is 232 Å². The Morgan fingerprint density at radius 1 is 0.925 bits per heavy atom. The number of ether oxygens (including phenoxy) is 4. The summed E-state index contributed by atoms with van der Waals surface area (Å²) in [5.41, 5.74) is 18.5. The molecule has 15 nitrogen and oxygen atoms in total. The third-order valence-electron chi connectivity index (χ3n) is 7.89. The van der Waals surface area contributed by atoms with Gasteiger partial charge >= 0.3 is 0 Å². The number of rotatable bonds is 10. The van der Waals surface area contributed by atoms with Crippen LogP contribution in [-0.2, 0) is 23.7 Å². The Morgan fingerprint density at radius 2 is 1.50 bits per heavy atom. The molecular formula is C25H44N4O11. The average Bonchev–Trinajstić information content (AvgIpc) is 2.92. The summed E-state index contributed by atoms with van der Waals surface area (Å²) in [4.78, 5) is 12.0. The molecule has 3 rings (SSSR count). The van der Waals surface area contributed by atoms with E-state index in [0.29, 0.717) is 12.8 Å². The number of aliphatic hydroxyl groups excluding tert-OH is 6. The Kier molecular flexibility index (Phi) is 12.1. The summed E-state index contributed by atoms with van der Waals surface area (Å²) < 4.78 is 23.0. The molecule has 1 saturated carbocycles. The minimum absolute atomic E-state index is 0.0895. The monoisotopic (exact) mass is 576 g/mol. The maximum Gasteiger partial charge on any atom is 0.220 e. The van der Waals surface area contributed by atoms with Crippen molar-refractivity contribution in [2.75, 3.05) is 13.2 Å². The fourth-order valence-corrected chi connectivity index (χ4v) is 5.24. The van der Waals surface area contributed by atoms with Crippen molar-refractivity contribution in [1.29, 1.82) is 0 Å². The van der Waals surface area contributed by atoms with Gasteiger partial charge in [-0.1, -0.05) is 6.92 Å². The number of hydrogen-bond acceptors (Lipinski definition) is 14. The second kappa shape index (κ2) is 14.6. The number of hydrogen-bond donors (Lipinski definition) is 10. The third-order valence-corrected chi connectivity index (χ3v) is 7.89. The zero-order valence-corrected chi connectivity index (χ0v) is 22.4. The van der Waals surface area contributed by atoms with Gasteiger partial charge in [-0.3, -0.25) is 4.79 Å². The highest BCUT2D eigenvalue weighted by Gasteiger charge is 2.51. The minimum atomic E-state index is -1.72. The lowest BCUT2D eigenvalue weighted by molar-refractivity contribution is -0.330. The second-order valence-corrected chi connectivity index (χ2v) is 10.8. The Hall–Kier alpha value is -1.49. The molecule has 0 aromatic heterocycles. The Bertz CT molecular complexity index is 863. The second-order valence-electron chi connectivity index (χ2n) is 10.8. The highest BCUT2D eigenvalue weighted by atomic mass is 16.7. The molecule has 13 N–H and O–H groups in total. The molecule has 230 valence electrons. The van der Waals surface area contributed by atoms with E-state index < -0.39 is 85.6 Å². The van der Waals surface area contributed by atoms with E-state index in [1.54, 1.807) is 6.92 Å². The largest absolute Gasteiger partial charge is 0.394 e. The van der Waals surface area contributed by atoms with E-state index in [0.717, 1.165) is 0 Å². The first kappa shape index (κ1) is 33.0. The molecule has 2 aliphatic heterocycles. The molecule has 0 radical (unpaired) electrons. The van der Waals surface area contributed by atoms with E-state index >= 15 is 0 Å². The van der Waals surface area contributed by atoms with E-state index in [2.05, 4.69) is 11.2 Å². The summed E-state index contributed by atoms with van der Waals surface area (Å²) in [6, 6.07) is -2.45. The number of carbonyl (C=O) groups is 1. The zero-order chi connectivity index (χ0) is 29.7. The fraction of sp³-hybridized carbons (Fsp3) is 0.880. The van der Waals surface area contributed by atoms with Gasteiger partial charge in [-0.15, -0.1) is 12.3 Å². The molecule has 3 fully saturated rings. The first-order valence-electron chi connectivity index (χ1n) is 13.5. The maximum atomic E-state index is 12.0. The maximum absolute atomic E-state index is 12.0. The van der Waals surface area contributed by atoms with Crippen LogP contribution in [0, 0.1) is 18.3 Å². The van der Waals surface area contributed by atoms with Gasteiger partial charge in [0.2, 0.25) is 5.91 Å². The first-order chi connectivity index (χ1) is 18.9. The molecule has 1 amide bonds. The predicted octanol–water partition coefficient (Wildman–Crippen LogP) is -5.06. The van der Waals surface area contributed by atoms with E-state index in [1.807, 2.05) is 0 Å². The molecule has 0 bridgehead atoms. The van der Waals surface area contributed by atoms with Gasteiger partial charge in [0, 0.05) is 43.4 Å². The van der Waals surface area contributed by atoms with E-state index in [1.165, 1.54) is 0 Å². The molecule has 15 heteroatoms. The lowest BCUT2D eigenvalue weighted by atomic mass is 9.84. The summed E-state index contributed by atoms with van der Waals surface area (Å²) in [6.45, 7) is 1.15. The van der Waals surface area contributed by atoms with Crippen molar-refractivity contribution < 1.29 is 54.4 Å². The van der Waals surface area contributed by atoms with Crippen LogP contribution < -0.4 is 22.5 Å². The summed E-state index contributed by atoms with van der Waals surface area (Å²) >= 11 is 0. The van der Waals surface area contributed by atoms with Crippen LogP contribution in [0.3, 0.4) is 0 Å². The molecule has 15 atom stereocenters. The van der Waals surface area contributed by atoms with E-state index in [-0.39, 0.29) is 37.8 Å². The average molecular weight is 577 g/mol. The molecule has 7 unspecified atom stereocenters. The van der Waals surface area contributed by atoms with Crippen LogP contribution in [0.1, 0.15) is 32.6 Å². The van der Waals surface area contributed by atoms with Crippen molar-refractivity contribution in [3.8, 4) is 12.3 Å². The first-order valence-corrected chi connectivity index (χ1v) is 13.5. The molecule has 0 aromatic rings. The van der Waals surface area contributed by atoms with E-state index in [9.17, 15) is 35.4 Å². The lowest BCUT2D eigenvalue weighted by Gasteiger charge is -2.48. The quantitative estimate of drug-likeness (QED) is 0.0862. The summed E-state index contributed by atoms with van der Waals surface area (Å²) in [5, 5.41) is 65.3. The Balaban J connectivity index is 1.67. The standard InChI is InChI=1S/C25H44N4O11/c1-3-4-5-6-15(31)29-8-13-17(32)19(34)20(35)25(37-13)40-23-12(27)7-11(26)22(21(23)36)39-24-18(33)16(28)10(2)14(9-30)38-24/h1,10-14,16-25,30,32-36H,4-9,26-28H2,2H3,(H,29,31)/t10-,11+,12?,13?,14?,16?,17+,18?,19-,20?,21+,22?,23+,24-,25+/m0/s1. The summed E-state index contributed by atoms with van der Waals surface area (Å²) in [5.74, 6) is 1.72. The van der Waals surface area contributed by atoms with Crippen molar-refractivity contribution in [2.24, 2.45) is 23.1 Å². The third kappa shape index (κ3) is 7.47. The number of nitrogens with two attached hydrogens (primary N) is 3. The molecular weight excluding hydrogens is 532 g/mol. The number of terminal acetylenes is 1. The van der Waals surface area contributed by atoms with Crippen LogP contribution in [0.2, 0.25) is 0 Å². The van der Waals surface area contributed by atoms with Gasteiger partial charge in [0.25, 0.3) is 0 Å². The highest BCUT2D eigenvalue weighted by molar-refractivity contribution is 5.75. The van der Waals surface area contributed by atoms with E-state index in [4.69, 9.17) is 42.6 Å². The predicted molar refractivity (Wildman–Crippen MR) is 138 cm³/mol. The van der Waals surface area contributed by atoms with Crippen LogP contribution in [0.15, 0.2) is 0 Å². The lowest BCUT2D eigenvalue weighted by Crippen LogP contribution is -2.68. The molecule has 2 heterocycles. The zero-order valence-electron chi connectivity index (χ0n) is 22.4. The van der Waals surface area contributed by atoms with Gasteiger partial charge in [-0.05, 0) is 12.8 Å². The molecule has 40 heavy (non-hydrogen) atoms. The number of carbonyl (C=O) groups excluding carboxylic acids is 1. The van der Waals surface area contributed by atoms with Gasteiger partial charge in [-0.25, -0.2) is 0 Å². The van der Waals surface area contributed by atoms with Crippen molar-refractivity contribution in [3.63, 3.8) is 0 Å². The number of amides is 1. The van der Waals surface area contributed by atoms with Gasteiger partial charge < -0.3 is 72.1 Å². The number of nitrogens with one attached hydrogen (secondary N) is 1. The molecule has 2 saturated heterocycles. The van der Waals surface area contributed by atoms with Crippen molar-refractivity contribution in [1.82, 2.24) is 5.32 Å². The van der Waals surface area contributed by atoms with Crippen LogP contribution in [-0.4, -0.2) is 135 Å². The van der Waals surface area contributed by atoms with Crippen LogP contribution in [0.5, 0.6) is 0 Å². The number of aliphatic hydroxyl groups is 6. The molecule has 0 spiro atoms. The van der Waals surface area contributed by atoms with Crippen LogP contribution in [0.4, 0.5) is 0 Å². The Morgan fingerprint density at radius 3 is 2.08 bits per heavy atom. The SMILES string of the molecule is C#CCCCC(=O)NCC1O[C@H](O[C@@H]2C(N)C[C@@H](N)C(O[C@@H]3OC(CO)[C@H](C)C(N)C3O)[C@H]2O)C(O)[C@@H](O)[C@@H]1O. The normalized spacial score (nSPS) is 46.0. The van der Waals surface area contributed by atoms with Crippen molar-refractivity contribution in [2.45, 2.75) is 118 Å².